The zero-order valence-corrected chi connectivity index (χ0v) is 14.2. The number of aliphatic hydroxyl groups excluding tert-OH is 1. The minimum Gasteiger partial charge on any atom is -0.496 e. The van der Waals surface area contributed by atoms with Crippen molar-refractivity contribution in [2.45, 2.75) is 18.9 Å². The number of amides is 1. The lowest BCUT2D eigenvalue weighted by Crippen LogP contribution is -2.34. The molecule has 25 heavy (non-hydrogen) atoms. The highest BCUT2D eigenvalue weighted by Crippen LogP contribution is 2.48. The molecule has 2 atom stereocenters. The number of hydrogen-bond acceptors (Lipinski definition) is 3. The third kappa shape index (κ3) is 3.99. The normalized spacial score (nSPS) is 18.7. The Labute approximate surface area is 146 Å². The predicted octanol–water partition coefficient (Wildman–Crippen LogP) is 2.96. The molecule has 2 aromatic rings. The molecule has 2 aromatic carbocycles. The molecule has 1 amide bonds. The van der Waals surface area contributed by atoms with Crippen LogP contribution >= 0.6 is 0 Å². The van der Waals surface area contributed by atoms with Crippen LogP contribution < -0.4 is 4.74 Å². The lowest BCUT2D eigenvalue weighted by molar-refractivity contribution is -0.133. The Morgan fingerprint density at radius 1 is 1.24 bits per heavy atom. The van der Waals surface area contributed by atoms with Crippen molar-refractivity contribution in [1.82, 2.24) is 4.90 Å². The van der Waals surface area contributed by atoms with Crippen LogP contribution in [0.25, 0.3) is 0 Å². The summed E-state index contributed by atoms with van der Waals surface area (Å²) in [5.41, 5.74) is 1.90. The Kier molecular flexibility index (Phi) is 5.34. The summed E-state index contributed by atoms with van der Waals surface area (Å²) in [5, 5.41) is 9.34. The number of ether oxygens (including phenoxy) is 1. The predicted molar refractivity (Wildman–Crippen MR) is 92.7 cm³/mol. The van der Waals surface area contributed by atoms with Crippen molar-refractivity contribution in [3.8, 4) is 5.75 Å². The van der Waals surface area contributed by atoms with Crippen LogP contribution in [0.1, 0.15) is 23.5 Å². The first-order valence-electron chi connectivity index (χ1n) is 8.41. The van der Waals surface area contributed by atoms with Crippen LogP contribution in [0, 0.1) is 11.7 Å². The van der Waals surface area contributed by atoms with Crippen LogP contribution in [0.5, 0.6) is 5.75 Å². The molecule has 132 valence electrons. The van der Waals surface area contributed by atoms with Gasteiger partial charge in [-0.1, -0.05) is 30.3 Å². The van der Waals surface area contributed by atoms with Crippen LogP contribution in [0.15, 0.2) is 48.5 Å². The van der Waals surface area contributed by atoms with Gasteiger partial charge in [0.25, 0.3) is 0 Å². The third-order valence-corrected chi connectivity index (χ3v) is 4.64. The van der Waals surface area contributed by atoms with Crippen LogP contribution in [-0.4, -0.2) is 36.2 Å². The van der Waals surface area contributed by atoms with Crippen LogP contribution in [0.4, 0.5) is 4.39 Å². The fraction of sp³-hybridized carbons (Fsp3) is 0.350. The molecule has 5 heteroatoms. The number of para-hydroxylation sites is 1. The first kappa shape index (κ1) is 17.4. The van der Waals surface area contributed by atoms with Gasteiger partial charge in [-0.25, -0.2) is 4.39 Å². The summed E-state index contributed by atoms with van der Waals surface area (Å²) < 4.78 is 18.4. The molecule has 2 unspecified atom stereocenters. The molecule has 1 aliphatic rings. The van der Waals surface area contributed by atoms with Crippen LogP contribution in [-0.2, 0) is 11.3 Å². The Balaban J connectivity index is 1.70. The highest BCUT2D eigenvalue weighted by atomic mass is 19.1. The molecule has 0 aromatic heterocycles. The molecular weight excluding hydrogens is 321 g/mol. The van der Waals surface area contributed by atoms with Gasteiger partial charge in [-0.2, -0.15) is 0 Å². The van der Waals surface area contributed by atoms with E-state index >= 15 is 0 Å². The summed E-state index contributed by atoms with van der Waals surface area (Å²) in [4.78, 5) is 14.5. The minimum atomic E-state index is -0.273. The van der Waals surface area contributed by atoms with E-state index in [0.717, 1.165) is 23.3 Å². The topological polar surface area (TPSA) is 49.8 Å². The fourth-order valence-electron chi connectivity index (χ4n) is 3.21. The fourth-order valence-corrected chi connectivity index (χ4v) is 3.21. The van der Waals surface area contributed by atoms with Gasteiger partial charge in [-0.3, -0.25) is 4.79 Å². The Morgan fingerprint density at radius 2 is 1.96 bits per heavy atom. The number of methoxy groups -OCH3 is 1. The molecule has 3 rings (SSSR count). The number of hydrogen-bond donors (Lipinski definition) is 1. The standard InChI is InChI=1S/C20H22FNO3/c1-25-19-5-3-2-4-15(19)13-22(10-11-23)20(24)18-12-17(18)14-6-8-16(21)9-7-14/h2-9,17-18,23H,10-13H2,1H3. The monoisotopic (exact) mass is 343 g/mol. The number of carbonyl (C=O) groups excluding carboxylic acids is 1. The van der Waals surface area contributed by atoms with E-state index in [2.05, 4.69) is 0 Å². The van der Waals surface area contributed by atoms with E-state index in [4.69, 9.17) is 4.74 Å². The Morgan fingerprint density at radius 3 is 2.64 bits per heavy atom. The number of rotatable bonds is 7. The number of halogens is 1. The molecule has 1 fully saturated rings. The highest BCUT2D eigenvalue weighted by Gasteiger charge is 2.45. The van der Waals surface area contributed by atoms with Gasteiger partial charge in [0, 0.05) is 24.6 Å². The van der Waals surface area contributed by atoms with E-state index in [-0.39, 0.29) is 36.7 Å². The van der Waals surface area contributed by atoms with Crippen LogP contribution in [0.3, 0.4) is 0 Å². The highest BCUT2D eigenvalue weighted by molar-refractivity contribution is 5.83. The first-order valence-corrected chi connectivity index (χ1v) is 8.41. The van der Waals surface area contributed by atoms with Crippen molar-refractivity contribution in [3.63, 3.8) is 0 Å². The molecule has 0 spiro atoms. The first-order chi connectivity index (χ1) is 12.1. The summed E-state index contributed by atoms with van der Waals surface area (Å²) in [5.74, 6) is 0.502. The zero-order chi connectivity index (χ0) is 17.8. The van der Waals surface area contributed by atoms with Crippen molar-refractivity contribution >= 4 is 5.91 Å². The summed E-state index contributed by atoms with van der Waals surface area (Å²) in [6, 6.07) is 13.9. The van der Waals surface area contributed by atoms with Crippen molar-refractivity contribution in [2.75, 3.05) is 20.3 Å². The number of aliphatic hydroxyl groups is 1. The van der Waals surface area contributed by atoms with Gasteiger partial charge in [-0.05, 0) is 36.1 Å². The van der Waals surface area contributed by atoms with E-state index in [1.165, 1.54) is 12.1 Å². The van der Waals surface area contributed by atoms with Gasteiger partial charge in [0.2, 0.25) is 5.91 Å². The largest absolute Gasteiger partial charge is 0.496 e. The lowest BCUT2D eigenvalue weighted by atomic mass is 10.1. The second kappa shape index (κ2) is 7.66. The summed E-state index contributed by atoms with van der Waals surface area (Å²) >= 11 is 0. The second-order valence-corrected chi connectivity index (χ2v) is 6.30. The van der Waals surface area contributed by atoms with Crippen molar-refractivity contribution in [1.29, 1.82) is 0 Å². The zero-order valence-electron chi connectivity index (χ0n) is 14.2. The van der Waals surface area contributed by atoms with E-state index in [1.807, 2.05) is 24.3 Å². The third-order valence-electron chi connectivity index (χ3n) is 4.64. The number of nitrogens with zero attached hydrogens (tertiary/aromatic N) is 1. The maximum Gasteiger partial charge on any atom is 0.226 e. The summed E-state index contributed by atoms with van der Waals surface area (Å²) in [6.07, 6.45) is 0.762. The average molecular weight is 343 g/mol. The van der Waals surface area contributed by atoms with Gasteiger partial charge in [-0.15, -0.1) is 0 Å². The van der Waals surface area contributed by atoms with Crippen molar-refractivity contribution in [2.24, 2.45) is 5.92 Å². The summed E-state index contributed by atoms with van der Waals surface area (Å²) in [7, 11) is 1.60. The lowest BCUT2D eigenvalue weighted by Gasteiger charge is -2.23. The molecule has 1 aliphatic carbocycles. The number of benzene rings is 2. The van der Waals surface area contributed by atoms with Gasteiger partial charge in [0.1, 0.15) is 11.6 Å². The molecule has 0 aliphatic heterocycles. The smallest absolute Gasteiger partial charge is 0.226 e. The minimum absolute atomic E-state index is 0.0225. The molecule has 0 radical (unpaired) electrons. The molecule has 0 bridgehead atoms. The van der Waals surface area contributed by atoms with E-state index in [9.17, 15) is 14.3 Å². The van der Waals surface area contributed by atoms with Gasteiger partial charge in [0.15, 0.2) is 0 Å². The Bertz CT molecular complexity index is 732. The van der Waals surface area contributed by atoms with E-state index in [1.54, 1.807) is 24.1 Å². The quantitative estimate of drug-likeness (QED) is 0.841. The van der Waals surface area contributed by atoms with Crippen LogP contribution in [0.2, 0.25) is 0 Å². The average Bonchev–Trinajstić information content (AvgIpc) is 3.42. The SMILES string of the molecule is COc1ccccc1CN(CCO)C(=O)C1CC1c1ccc(F)cc1. The maximum absolute atomic E-state index is 13.1. The molecule has 1 N–H and O–H groups in total. The van der Waals surface area contributed by atoms with Gasteiger partial charge >= 0.3 is 0 Å². The maximum atomic E-state index is 13.1. The van der Waals surface area contributed by atoms with E-state index in [0.29, 0.717) is 6.54 Å². The summed E-state index contributed by atoms with van der Waals surface area (Å²) in [6.45, 7) is 0.592. The molecule has 0 saturated heterocycles. The van der Waals surface area contributed by atoms with Gasteiger partial charge < -0.3 is 14.7 Å². The van der Waals surface area contributed by atoms with Gasteiger partial charge in [0.05, 0.1) is 13.7 Å². The molecular formula is C20H22FNO3. The van der Waals surface area contributed by atoms with Crippen molar-refractivity contribution in [3.05, 3.63) is 65.5 Å². The van der Waals surface area contributed by atoms with Crippen molar-refractivity contribution < 1.29 is 19.0 Å². The van der Waals surface area contributed by atoms with E-state index < -0.39 is 0 Å². The second-order valence-electron chi connectivity index (χ2n) is 6.30. The number of carbonyl (C=O) groups is 1. The molecule has 4 nitrogen and oxygen atoms in total. The Hall–Kier alpha value is -2.40. The molecule has 0 heterocycles. The molecule has 1 saturated carbocycles.